The summed E-state index contributed by atoms with van der Waals surface area (Å²) < 4.78 is 0. The van der Waals surface area contributed by atoms with Gasteiger partial charge in [-0.3, -0.25) is 0 Å². The van der Waals surface area contributed by atoms with Crippen molar-refractivity contribution in [2.45, 2.75) is 38.6 Å². The van der Waals surface area contributed by atoms with Gasteiger partial charge in [-0.1, -0.05) is 6.92 Å². The van der Waals surface area contributed by atoms with Crippen LogP contribution in [-0.4, -0.2) is 29.1 Å². The Hall–Kier alpha value is -0.0600. The lowest BCUT2D eigenvalue weighted by molar-refractivity contribution is 0.510. The molecule has 1 unspecified atom stereocenters. The lowest BCUT2D eigenvalue weighted by Gasteiger charge is -2.22. The predicted molar refractivity (Wildman–Crippen MR) is 73.5 cm³/mol. The number of rotatable bonds is 5. The van der Waals surface area contributed by atoms with E-state index in [0.717, 1.165) is 25.4 Å². The smallest absolute Gasteiger partial charge is 0.0925 e. The summed E-state index contributed by atoms with van der Waals surface area (Å²) in [5.74, 6) is 2.64. The van der Waals surface area contributed by atoms with Crippen molar-refractivity contribution >= 4 is 23.1 Å². The van der Waals surface area contributed by atoms with Gasteiger partial charge in [0.1, 0.15) is 0 Å². The molecule has 1 fully saturated rings. The van der Waals surface area contributed by atoms with Gasteiger partial charge >= 0.3 is 0 Å². The van der Waals surface area contributed by atoms with Crippen LogP contribution in [0.4, 0.5) is 0 Å². The SMILES string of the molecule is CCc1nc(CCNC2CCCSC2)cs1. The molecule has 1 atom stereocenters. The summed E-state index contributed by atoms with van der Waals surface area (Å²) in [7, 11) is 0. The number of hydrogen-bond donors (Lipinski definition) is 1. The molecule has 1 aromatic heterocycles. The Labute approximate surface area is 106 Å². The molecule has 1 saturated heterocycles. The molecule has 2 rings (SSSR count). The Morgan fingerprint density at radius 2 is 2.50 bits per heavy atom. The minimum atomic E-state index is 0.739. The van der Waals surface area contributed by atoms with E-state index >= 15 is 0 Å². The second-order valence-electron chi connectivity index (χ2n) is 4.20. The maximum Gasteiger partial charge on any atom is 0.0925 e. The van der Waals surface area contributed by atoms with Crippen molar-refractivity contribution in [1.29, 1.82) is 0 Å². The second-order valence-corrected chi connectivity index (χ2v) is 6.30. The van der Waals surface area contributed by atoms with Crippen LogP contribution in [0.5, 0.6) is 0 Å². The first-order chi connectivity index (χ1) is 7.88. The van der Waals surface area contributed by atoms with Crippen LogP contribution in [-0.2, 0) is 12.8 Å². The molecular formula is C12H20N2S2. The fourth-order valence-electron chi connectivity index (χ4n) is 1.93. The lowest BCUT2D eigenvalue weighted by Crippen LogP contribution is -2.35. The number of thioether (sulfide) groups is 1. The number of aromatic nitrogens is 1. The molecule has 1 aliphatic rings. The van der Waals surface area contributed by atoms with Crippen LogP contribution < -0.4 is 5.32 Å². The van der Waals surface area contributed by atoms with Gasteiger partial charge in [0.05, 0.1) is 10.7 Å². The molecule has 0 spiro atoms. The highest BCUT2D eigenvalue weighted by molar-refractivity contribution is 7.99. The molecule has 16 heavy (non-hydrogen) atoms. The van der Waals surface area contributed by atoms with Crippen molar-refractivity contribution in [2.24, 2.45) is 0 Å². The average Bonchev–Trinajstić information content (AvgIpc) is 2.78. The quantitative estimate of drug-likeness (QED) is 0.877. The molecule has 1 aromatic rings. The third-order valence-corrected chi connectivity index (χ3v) is 5.13. The average molecular weight is 256 g/mol. The Kier molecular flexibility index (Phi) is 5.13. The van der Waals surface area contributed by atoms with E-state index in [4.69, 9.17) is 0 Å². The normalized spacial score (nSPS) is 21.2. The van der Waals surface area contributed by atoms with Crippen LogP contribution in [0.25, 0.3) is 0 Å². The first-order valence-electron chi connectivity index (χ1n) is 6.13. The number of nitrogens with zero attached hydrogens (tertiary/aromatic N) is 1. The molecule has 0 radical (unpaired) electrons. The standard InChI is InChI=1S/C12H20N2S2/c1-2-12-14-11(9-16-12)5-6-13-10-4-3-7-15-8-10/h9-10,13H,2-8H2,1H3. The van der Waals surface area contributed by atoms with Gasteiger partial charge in [-0.15, -0.1) is 11.3 Å². The van der Waals surface area contributed by atoms with Crippen LogP contribution in [0.1, 0.15) is 30.5 Å². The van der Waals surface area contributed by atoms with E-state index in [-0.39, 0.29) is 0 Å². The van der Waals surface area contributed by atoms with Crippen molar-refractivity contribution in [1.82, 2.24) is 10.3 Å². The second kappa shape index (κ2) is 6.62. The fraction of sp³-hybridized carbons (Fsp3) is 0.750. The maximum absolute atomic E-state index is 4.58. The topological polar surface area (TPSA) is 24.9 Å². The molecule has 0 aliphatic carbocycles. The zero-order valence-electron chi connectivity index (χ0n) is 9.87. The van der Waals surface area contributed by atoms with Gasteiger partial charge in [-0.2, -0.15) is 11.8 Å². The monoisotopic (exact) mass is 256 g/mol. The first kappa shape index (κ1) is 12.4. The van der Waals surface area contributed by atoms with Gasteiger partial charge in [0.25, 0.3) is 0 Å². The predicted octanol–water partition coefficient (Wildman–Crippen LogP) is 2.73. The van der Waals surface area contributed by atoms with E-state index in [1.807, 2.05) is 0 Å². The van der Waals surface area contributed by atoms with Crippen molar-refractivity contribution in [2.75, 3.05) is 18.1 Å². The highest BCUT2D eigenvalue weighted by atomic mass is 32.2. The molecule has 0 saturated carbocycles. The number of thiazole rings is 1. The Morgan fingerprint density at radius 1 is 1.56 bits per heavy atom. The molecule has 0 amide bonds. The summed E-state index contributed by atoms with van der Waals surface area (Å²) in [6.07, 6.45) is 4.87. The summed E-state index contributed by atoms with van der Waals surface area (Å²) in [5, 5.41) is 7.11. The van der Waals surface area contributed by atoms with E-state index in [0.29, 0.717) is 0 Å². The molecule has 1 aliphatic heterocycles. The van der Waals surface area contributed by atoms with Gasteiger partial charge in [0.15, 0.2) is 0 Å². The minimum Gasteiger partial charge on any atom is -0.313 e. The summed E-state index contributed by atoms with van der Waals surface area (Å²) in [6.45, 7) is 3.25. The Morgan fingerprint density at radius 3 is 3.19 bits per heavy atom. The largest absolute Gasteiger partial charge is 0.313 e. The highest BCUT2D eigenvalue weighted by Gasteiger charge is 2.12. The molecule has 2 nitrogen and oxygen atoms in total. The van der Waals surface area contributed by atoms with E-state index in [2.05, 4.69) is 34.4 Å². The molecule has 4 heteroatoms. The molecular weight excluding hydrogens is 236 g/mol. The van der Waals surface area contributed by atoms with Crippen molar-refractivity contribution in [3.05, 3.63) is 16.1 Å². The zero-order chi connectivity index (χ0) is 11.2. The summed E-state index contributed by atoms with van der Waals surface area (Å²) in [4.78, 5) is 4.58. The van der Waals surface area contributed by atoms with E-state index in [1.54, 1.807) is 11.3 Å². The van der Waals surface area contributed by atoms with Crippen molar-refractivity contribution in [3.8, 4) is 0 Å². The third kappa shape index (κ3) is 3.75. The number of nitrogens with one attached hydrogen (secondary N) is 1. The molecule has 0 aromatic carbocycles. The maximum atomic E-state index is 4.58. The molecule has 90 valence electrons. The molecule has 2 heterocycles. The van der Waals surface area contributed by atoms with Crippen LogP contribution in [0.15, 0.2) is 5.38 Å². The molecule has 1 N–H and O–H groups in total. The van der Waals surface area contributed by atoms with Gasteiger partial charge in [0, 0.05) is 30.1 Å². The lowest BCUT2D eigenvalue weighted by atomic mass is 10.2. The zero-order valence-corrected chi connectivity index (χ0v) is 11.5. The Bertz CT molecular complexity index is 306. The molecule has 0 bridgehead atoms. The van der Waals surface area contributed by atoms with Crippen molar-refractivity contribution < 1.29 is 0 Å². The van der Waals surface area contributed by atoms with Crippen LogP contribution >= 0.6 is 23.1 Å². The summed E-state index contributed by atoms with van der Waals surface area (Å²) in [5.41, 5.74) is 1.26. The first-order valence-corrected chi connectivity index (χ1v) is 8.16. The van der Waals surface area contributed by atoms with E-state index in [1.165, 1.54) is 35.0 Å². The number of hydrogen-bond acceptors (Lipinski definition) is 4. The third-order valence-electron chi connectivity index (χ3n) is 2.88. The Balaban J connectivity index is 1.66. The number of aryl methyl sites for hydroxylation is 1. The van der Waals surface area contributed by atoms with Gasteiger partial charge in [-0.05, 0) is 25.0 Å². The van der Waals surface area contributed by atoms with Crippen LogP contribution in [0.2, 0.25) is 0 Å². The van der Waals surface area contributed by atoms with E-state index < -0.39 is 0 Å². The highest BCUT2D eigenvalue weighted by Crippen LogP contribution is 2.17. The van der Waals surface area contributed by atoms with Gasteiger partial charge < -0.3 is 5.32 Å². The van der Waals surface area contributed by atoms with Crippen LogP contribution in [0.3, 0.4) is 0 Å². The van der Waals surface area contributed by atoms with Crippen molar-refractivity contribution in [3.63, 3.8) is 0 Å². The van der Waals surface area contributed by atoms with Gasteiger partial charge in [-0.25, -0.2) is 4.98 Å². The van der Waals surface area contributed by atoms with Gasteiger partial charge in [0.2, 0.25) is 0 Å². The van der Waals surface area contributed by atoms with E-state index in [9.17, 15) is 0 Å². The minimum absolute atomic E-state index is 0.739. The van der Waals surface area contributed by atoms with Crippen LogP contribution in [0, 0.1) is 0 Å². The fourth-order valence-corrected chi connectivity index (χ4v) is 3.82. The summed E-state index contributed by atoms with van der Waals surface area (Å²) in [6, 6.07) is 0.739. The summed E-state index contributed by atoms with van der Waals surface area (Å²) >= 11 is 3.87.